The fraction of sp³-hybridized carbons (Fsp3) is 0.417. The van der Waals surface area contributed by atoms with E-state index in [0.717, 1.165) is 6.07 Å². The Balaban J connectivity index is 3.09. The molecule has 0 aromatic heterocycles. The van der Waals surface area contributed by atoms with Gasteiger partial charge in [-0.15, -0.1) is 0 Å². The molecular formula is C12H15BrFNO4S. The van der Waals surface area contributed by atoms with E-state index >= 15 is 0 Å². The molecule has 0 heterocycles. The first-order chi connectivity index (χ1) is 9.19. The van der Waals surface area contributed by atoms with Gasteiger partial charge in [0.1, 0.15) is 11.9 Å². The SMILES string of the molecule is COC(=O)[C@@H](NS(=O)(=O)c1ccc(Br)c(F)c1)C(C)C. The minimum atomic E-state index is -4.01. The lowest BCUT2D eigenvalue weighted by Gasteiger charge is -2.19. The maximum Gasteiger partial charge on any atom is 0.324 e. The highest BCUT2D eigenvalue weighted by Crippen LogP contribution is 2.20. The zero-order chi connectivity index (χ0) is 15.5. The summed E-state index contributed by atoms with van der Waals surface area (Å²) in [6.07, 6.45) is 0. The van der Waals surface area contributed by atoms with Crippen molar-refractivity contribution in [2.75, 3.05) is 7.11 Å². The van der Waals surface area contributed by atoms with Gasteiger partial charge >= 0.3 is 5.97 Å². The van der Waals surface area contributed by atoms with Gasteiger partial charge in [0.25, 0.3) is 0 Å². The van der Waals surface area contributed by atoms with E-state index in [1.165, 1.54) is 19.2 Å². The van der Waals surface area contributed by atoms with E-state index in [4.69, 9.17) is 0 Å². The van der Waals surface area contributed by atoms with Gasteiger partial charge in [-0.3, -0.25) is 4.79 Å². The number of carbonyl (C=O) groups excluding carboxylic acids is 1. The number of esters is 1. The van der Waals surface area contributed by atoms with Crippen LogP contribution in [0.3, 0.4) is 0 Å². The summed E-state index contributed by atoms with van der Waals surface area (Å²) in [5, 5.41) is 0. The molecule has 0 fully saturated rings. The molecule has 0 aliphatic carbocycles. The van der Waals surface area contributed by atoms with Crippen LogP contribution in [0.1, 0.15) is 13.8 Å². The molecule has 0 unspecified atom stereocenters. The molecule has 1 atom stereocenters. The minimum Gasteiger partial charge on any atom is -0.468 e. The van der Waals surface area contributed by atoms with Crippen LogP contribution in [0.25, 0.3) is 0 Å². The zero-order valence-electron chi connectivity index (χ0n) is 11.2. The van der Waals surface area contributed by atoms with Crippen molar-refractivity contribution < 1.29 is 22.3 Å². The van der Waals surface area contributed by atoms with Crippen molar-refractivity contribution in [1.82, 2.24) is 4.72 Å². The van der Waals surface area contributed by atoms with Crippen LogP contribution in [0.15, 0.2) is 27.6 Å². The summed E-state index contributed by atoms with van der Waals surface area (Å²) in [5.74, 6) is -1.70. The van der Waals surface area contributed by atoms with Gasteiger partial charge in [0, 0.05) is 0 Å². The molecule has 0 saturated carbocycles. The molecule has 0 bridgehead atoms. The summed E-state index contributed by atoms with van der Waals surface area (Å²) < 4.78 is 44.6. The lowest BCUT2D eigenvalue weighted by atomic mass is 10.1. The standard InChI is InChI=1S/C12H15BrFNO4S/c1-7(2)11(12(16)19-3)15-20(17,18)8-4-5-9(13)10(14)6-8/h4-7,11,15H,1-3H3/t11-/m0/s1. The highest BCUT2D eigenvalue weighted by molar-refractivity contribution is 9.10. The second-order valence-corrected chi connectivity index (χ2v) is 7.01. The van der Waals surface area contributed by atoms with E-state index in [-0.39, 0.29) is 15.3 Å². The van der Waals surface area contributed by atoms with Crippen molar-refractivity contribution >= 4 is 31.9 Å². The maximum absolute atomic E-state index is 13.4. The van der Waals surface area contributed by atoms with Crippen molar-refractivity contribution in [3.63, 3.8) is 0 Å². The van der Waals surface area contributed by atoms with E-state index in [1.807, 2.05) is 0 Å². The lowest BCUT2D eigenvalue weighted by Crippen LogP contribution is -2.44. The molecular weight excluding hydrogens is 353 g/mol. The lowest BCUT2D eigenvalue weighted by molar-refractivity contribution is -0.143. The van der Waals surface area contributed by atoms with Gasteiger partial charge in [0.15, 0.2) is 0 Å². The smallest absolute Gasteiger partial charge is 0.324 e. The van der Waals surface area contributed by atoms with E-state index in [0.29, 0.717) is 0 Å². The van der Waals surface area contributed by atoms with Crippen LogP contribution in [0.2, 0.25) is 0 Å². The molecule has 1 aromatic rings. The third-order valence-corrected chi connectivity index (χ3v) is 4.69. The van der Waals surface area contributed by atoms with Gasteiger partial charge in [-0.25, -0.2) is 12.8 Å². The Morgan fingerprint density at radius 1 is 1.40 bits per heavy atom. The van der Waals surface area contributed by atoms with Crippen molar-refractivity contribution in [3.05, 3.63) is 28.5 Å². The summed E-state index contributed by atoms with van der Waals surface area (Å²) in [7, 11) is -2.84. The first-order valence-electron chi connectivity index (χ1n) is 5.74. The molecule has 0 aliphatic rings. The summed E-state index contributed by atoms with van der Waals surface area (Å²) in [6, 6.07) is 2.37. The number of hydrogen-bond donors (Lipinski definition) is 1. The molecule has 1 N–H and O–H groups in total. The fourth-order valence-corrected chi connectivity index (χ4v) is 3.05. The quantitative estimate of drug-likeness (QED) is 0.808. The van der Waals surface area contributed by atoms with E-state index in [1.54, 1.807) is 13.8 Å². The van der Waals surface area contributed by atoms with Crippen molar-refractivity contribution in [2.24, 2.45) is 5.92 Å². The molecule has 0 radical (unpaired) electrons. The van der Waals surface area contributed by atoms with Crippen molar-refractivity contribution in [1.29, 1.82) is 0 Å². The van der Waals surface area contributed by atoms with Crippen LogP contribution in [0.5, 0.6) is 0 Å². The Morgan fingerprint density at radius 2 is 2.00 bits per heavy atom. The van der Waals surface area contributed by atoms with Gasteiger partial charge < -0.3 is 4.74 Å². The first kappa shape index (κ1) is 17.1. The maximum atomic E-state index is 13.4. The third-order valence-electron chi connectivity index (χ3n) is 2.61. The Bertz CT molecular complexity index is 603. The molecule has 112 valence electrons. The molecule has 1 rings (SSSR count). The number of rotatable bonds is 5. The monoisotopic (exact) mass is 367 g/mol. The topological polar surface area (TPSA) is 72.5 Å². The Morgan fingerprint density at radius 3 is 2.45 bits per heavy atom. The van der Waals surface area contributed by atoms with Crippen LogP contribution in [0, 0.1) is 11.7 Å². The molecule has 20 heavy (non-hydrogen) atoms. The molecule has 0 amide bonds. The number of nitrogens with one attached hydrogen (secondary N) is 1. The predicted molar refractivity (Wildman–Crippen MR) is 75.1 cm³/mol. The number of ether oxygens (including phenoxy) is 1. The van der Waals surface area contributed by atoms with Gasteiger partial charge in [0.05, 0.1) is 16.5 Å². The van der Waals surface area contributed by atoms with Gasteiger partial charge in [-0.1, -0.05) is 13.8 Å². The van der Waals surface area contributed by atoms with Crippen LogP contribution < -0.4 is 4.72 Å². The van der Waals surface area contributed by atoms with Crippen LogP contribution >= 0.6 is 15.9 Å². The second kappa shape index (κ2) is 6.64. The summed E-state index contributed by atoms with van der Waals surface area (Å²) in [4.78, 5) is 11.3. The molecule has 5 nitrogen and oxygen atoms in total. The highest BCUT2D eigenvalue weighted by Gasteiger charge is 2.29. The Labute approximate surface area is 125 Å². The average Bonchev–Trinajstić information content (AvgIpc) is 2.38. The van der Waals surface area contributed by atoms with Gasteiger partial charge in [-0.2, -0.15) is 4.72 Å². The van der Waals surface area contributed by atoms with Crippen molar-refractivity contribution in [3.8, 4) is 0 Å². The average molecular weight is 368 g/mol. The number of methoxy groups -OCH3 is 1. The van der Waals surface area contributed by atoms with Crippen LogP contribution in [-0.4, -0.2) is 27.5 Å². The Kier molecular flexibility index (Phi) is 5.67. The minimum absolute atomic E-state index is 0.157. The molecule has 0 aliphatic heterocycles. The number of sulfonamides is 1. The third kappa shape index (κ3) is 4.00. The number of benzene rings is 1. The number of halogens is 2. The van der Waals surface area contributed by atoms with Crippen LogP contribution in [0.4, 0.5) is 4.39 Å². The molecule has 1 aromatic carbocycles. The summed E-state index contributed by atoms with van der Waals surface area (Å²) >= 11 is 2.94. The van der Waals surface area contributed by atoms with E-state index < -0.39 is 27.9 Å². The zero-order valence-corrected chi connectivity index (χ0v) is 13.6. The normalized spacial score (nSPS) is 13.3. The largest absolute Gasteiger partial charge is 0.468 e. The Hall–Kier alpha value is -0.990. The van der Waals surface area contributed by atoms with Gasteiger partial charge in [-0.05, 0) is 40.0 Å². The van der Waals surface area contributed by atoms with E-state index in [2.05, 4.69) is 25.4 Å². The first-order valence-corrected chi connectivity index (χ1v) is 8.02. The van der Waals surface area contributed by atoms with E-state index in [9.17, 15) is 17.6 Å². The highest BCUT2D eigenvalue weighted by atomic mass is 79.9. The van der Waals surface area contributed by atoms with Crippen LogP contribution in [-0.2, 0) is 19.6 Å². The second-order valence-electron chi connectivity index (χ2n) is 4.44. The predicted octanol–water partition coefficient (Wildman–Crippen LogP) is 2.06. The molecule has 8 heteroatoms. The summed E-state index contributed by atoms with van der Waals surface area (Å²) in [5.41, 5.74) is 0. The summed E-state index contributed by atoms with van der Waals surface area (Å²) in [6.45, 7) is 3.35. The number of carbonyl (C=O) groups is 1. The fourth-order valence-electron chi connectivity index (χ4n) is 1.46. The van der Waals surface area contributed by atoms with Gasteiger partial charge in [0.2, 0.25) is 10.0 Å². The number of hydrogen-bond acceptors (Lipinski definition) is 4. The van der Waals surface area contributed by atoms with Crippen molar-refractivity contribution in [2.45, 2.75) is 24.8 Å². The molecule has 0 saturated heterocycles. The molecule has 0 spiro atoms.